The van der Waals surface area contributed by atoms with Crippen molar-refractivity contribution in [1.82, 2.24) is 4.31 Å². The van der Waals surface area contributed by atoms with Crippen LogP contribution in [0.3, 0.4) is 0 Å². The van der Waals surface area contributed by atoms with Gasteiger partial charge in [0.2, 0.25) is 10.0 Å². The van der Waals surface area contributed by atoms with E-state index in [1.165, 1.54) is 22.5 Å². The van der Waals surface area contributed by atoms with Crippen LogP contribution in [0.4, 0.5) is 15.8 Å². The summed E-state index contributed by atoms with van der Waals surface area (Å²) in [6.45, 7) is 3.89. The highest BCUT2D eigenvalue weighted by atomic mass is 32.2. The number of sulfonamides is 1. The second-order valence-corrected chi connectivity index (χ2v) is 9.20. The van der Waals surface area contributed by atoms with E-state index in [4.69, 9.17) is 0 Å². The number of nitrogens with one attached hydrogen (secondary N) is 1. The Kier molecular flexibility index (Phi) is 6.18. The molecule has 1 amide bonds. The van der Waals surface area contributed by atoms with Crippen molar-refractivity contribution >= 4 is 27.3 Å². The first-order valence-electron chi connectivity index (χ1n) is 9.49. The van der Waals surface area contributed by atoms with Crippen LogP contribution in [0.1, 0.15) is 42.1 Å². The van der Waals surface area contributed by atoms with E-state index in [2.05, 4.69) is 5.32 Å². The van der Waals surface area contributed by atoms with E-state index < -0.39 is 26.7 Å². The number of nitro benzene ring substituents is 1. The molecule has 10 heteroatoms. The van der Waals surface area contributed by atoms with Crippen molar-refractivity contribution in [3.05, 3.63) is 63.5 Å². The molecule has 0 aliphatic carbocycles. The number of halogens is 1. The van der Waals surface area contributed by atoms with Gasteiger partial charge >= 0.3 is 0 Å². The van der Waals surface area contributed by atoms with Crippen LogP contribution in [0.2, 0.25) is 0 Å². The lowest BCUT2D eigenvalue weighted by Crippen LogP contribution is -2.42. The molecular formula is C20H22FN3O5S. The number of amides is 1. The summed E-state index contributed by atoms with van der Waals surface area (Å²) in [7, 11) is -3.79. The Bertz CT molecular complexity index is 1100. The van der Waals surface area contributed by atoms with Gasteiger partial charge in [-0.15, -0.1) is 0 Å². The molecule has 1 unspecified atom stereocenters. The predicted molar refractivity (Wildman–Crippen MR) is 109 cm³/mol. The van der Waals surface area contributed by atoms with E-state index >= 15 is 0 Å². The van der Waals surface area contributed by atoms with E-state index in [9.17, 15) is 27.7 Å². The number of aryl methyl sites for hydroxylation is 1. The van der Waals surface area contributed by atoms with Gasteiger partial charge in [-0.2, -0.15) is 4.31 Å². The maximum absolute atomic E-state index is 14.0. The number of piperidine rings is 1. The van der Waals surface area contributed by atoms with Gasteiger partial charge in [0.25, 0.3) is 11.6 Å². The third kappa shape index (κ3) is 4.34. The SMILES string of the molecule is Cc1ccc(S(=O)(=O)N2CCCCC2C)cc1C(=O)Nc1cc([N+](=O)[O-])ccc1F. The number of nitro groups is 1. The second-order valence-electron chi connectivity index (χ2n) is 7.31. The highest BCUT2D eigenvalue weighted by Crippen LogP contribution is 2.27. The van der Waals surface area contributed by atoms with Crippen molar-refractivity contribution in [2.24, 2.45) is 0 Å². The fourth-order valence-electron chi connectivity index (χ4n) is 3.48. The first-order chi connectivity index (χ1) is 14.1. The third-order valence-corrected chi connectivity index (χ3v) is 7.22. The fraction of sp³-hybridized carbons (Fsp3) is 0.350. The maximum Gasteiger partial charge on any atom is 0.271 e. The van der Waals surface area contributed by atoms with Crippen LogP contribution in [0.5, 0.6) is 0 Å². The Morgan fingerprint density at radius 1 is 1.23 bits per heavy atom. The number of benzene rings is 2. The fourth-order valence-corrected chi connectivity index (χ4v) is 5.21. The lowest BCUT2D eigenvalue weighted by molar-refractivity contribution is -0.384. The largest absolute Gasteiger partial charge is 0.319 e. The minimum absolute atomic E-state index is 0.0217. The summed E-state index contributed by atoms with van der Waals surface area (Å²) < 4.78 is 41.6. The van der Waals surface area contributed by atoms with Gasteiger partial charge in [-0.3, -0.25) is 14.9 Å². The molecule has 0 radical (unpaired) electrons. The number of hydrogen-bond acceptors (Lipinski definition) is 5. The molecule has 0 saturated carbocycles. The second kappa shape index (κ2) is 8.49. The molecule has 2 aromatic rings. The van der Waals surface area contributed by atoms with Crippen molar-refractivity contribution in [2.45, 2.75) is 44.0 Å². The zero-order valence-electron chi connectivity index (χ0n) is 16.6. The van der Waals surface area contributed by atoms with E-state index in [0.29, 0.717) is 12.1 Å². The molecule has 8 nitrogen and oxygen atoms in total. The van der Waals surface area contributed by atoms with E-state index in [-0.39, 0.29) is 27.9 Å². The number of nitrogens with zero attached hydrogens (tertiary/aromatic N) is 2. The van der Waals surface area contributed by atoms with Gasteiger partial charge in [-0.05, 0) is 50.5 Å². The zero-order chi connectivity index (χ0) is 22.1. The van der Waals surface area contributed by atoms with Crippen LogP contribution >= 0.6 is 0 Å². The van der Waals surface area contributed by atoms with Crippen LogP contribution < -0.4 is 5.32 Å². The van der Waals surface area contributed by atoms with Gasteiger partial charge in [0.05, 0.1) is 15.5 Å². The molecule has 0 bridgehead atoms. The molecule has 1 saturated heterocycles. The molecule has 1 atom stereocenters. The molecule has 1 aliphatic heterocycles. The Hall–Kier alpha value is -2.85. The van der Waals surface area contributed by atoms with E-state index in [1.54, 1.807) is 6.92 Å². The van der Waals surface area contributed by atoms with Crippen LogP contribution in [-0.2, 0) is 10.0 Å². The Labute approximate surface area is 173 Å². The van der Waals surface area contributed by atoms with Crippen LogP contribution in [-0.4, -0.2) is 36.1 Å². The van der Waals surface area contributed by atoms with Gasteiger partial charge in [0.15, 0.2) is 0 Å². The highest BCUT2D eigenvalue weighted by Gasteiger charge is 2.31. The van der Waals surface area contributed by atoms with Crippen LogP contribution in [0.15, 0.2) is 41.3 Å². The molecule has 1 fully saturated rings. The van der Waals surface area contributed by atoms with Gasteiger partial charge in [-0.1, -0.05) is 12.5 Å². The monoisotopic (exact) mass is 435 g/mol. The zero-order valence-corrected chi connectivity index (χ0v) is 17.4. The minimum Gasteiger partial charge on any atom is -0.319 e. The average molecular weight is 435 g/mol. The topological polar surface area (TPSA) is 110 Å². The molecule has 0 spiro atoms. The molecule has 1 heterocycles. The number of non-ortho nitro benzene ring substituents is 1. The molecule has 0 aromatic heterocycles. The van der Waals surface area contributed by atoms with Crippen molar-refractivity contribution < 1.29 is 22.5 Å². The van der Waals surface area contributed by atoms with Crippen LogP contribution in [0.25, 0.3) is 0 Å². The van der Waals surface area contributed by atoms with Crippen LogP contribution in [0, 0.1) is 22.9 Å². The average Bonchev–Trinajstić information content (AvgIpc) is 2.69. The number of carbonyl (C=O) groups excluding carboxylic acids is 1. The van der Waals surface area contributed by atoms with E-state index in [1.807, 2.05) is 6.92 Å². The summed E-state index contributed by atoms with van der Waals surface area (Å²) in [4.78, 5) is 22.9. The van der Waals surface area contributed by atoms with Crippen molar-refractivity contribution in [2.75, 3.05) is 11.9 Å². The Morgan fingerprint density at radius 2 is 1.97 bits per heavy atom. The summed E-state index contributed by atoms with van der Waals surface area (Å²) in [6.07, 6.45) is 2.50. The highest BCUT2D eigenvalue weighted by molar-refractivity contribution is 7.89. The molecule has 160 valence electrons. The Morgan fingerprint density at radius 3 is 2.63 bits per heavy atom. The lowest BCUT2D eigenvalue weighted by atomic mass is 10.1. The first kappa shape index (κ1) is 21.8. The quantitative estimate of drug-likeness (QED) is 0.567. The molecule has 3 rings (SSSR count). The third-order valence-electron chi connectivity index (χ3n) is 5.21. The summed E-state index contributed by atoms with van der Waals surface area (Å²) >= 11 is 0. The molecular weight excluding hydrogens is 413 g/mol. The first-order valence-corrected chi connectivity index (χ1v) is 10.9. The van der Waals surface area contributed by atoms with Crippen molar-refractivity contribution in [3.8, 4) is 0 Å². The van der Waals surface area contributed by atoms with Gasteiger partial charge < -0.3 is 5.32 Å². The maximum atomic E-state index is 14.0. The van der Waals surface area contributed by atoms with Crippen molar-refractivity contribution in [3.63, 3.8) is 0 Å². The normalized spacial score (nSPS) is 17.5. The Balaban J connectivity index is 1.93. The summed E-state index contributed by atoms with van der Waals surface area (Å²) in [6, 6.07) is 6.87. The van der Waals surface area contributed by atoms with E-state index in [0.717, 1.165) is 37.5 Å². The molecule has 2 aromatic carbocycles. The lowest BCUT2D eigenvalue weighted by Gasteiger charge is -2.32. The number of hydrogen-bond donors (Lipinski definition) is 1. The van der Waals surface area contributed by atoms with Gasteiger partial charge in [-0.25, -0.2) is 12.8 Å². The standard InChI is InChI=1S/C20H22FN3O5S/c1-13-6-8-16(30(28,29)23-10-4-3-5-14(23)2)12-17(13)20(25)22-19-11-15(24(26)27)7-9-18(19)21/h6-9,11-12,14H,3-5,10H2,1-2H3,(H,22,25). The predicted octanol–water partition coefficient (Wildman–Crippen LogP) is 3.86. The van der Waals surface area contributed by atoms with Gasteiger partial charge in [0.1, 0.15) is 5.82 Å². The molecule has 1 aliphatic rings. The molecule has 1 N–H and O–H groups in total. The summed E-state index contributed by atoms with van der Waals surface area (Å²) in [5.41, 5.74) is -0.194. The number of anilines is 1. The van der Waals surface area contributed by atoms with Crippen molar-refractivity contribution in [1.29, 1.82) is 0 Å². The summed E-state index contributed by atoms with van der Waals surface area (Å²) in [5, 5.41) is 13.2. The smallest absolute Gasteiger partial charge is 0.271 e. The van der Waals surface area contributed by atoms with Gasteiger partial charge in [0, 0.05) is 30.3 Å². The number of rotatable bonds is 5. The minimum atomic E-state index is -3.79. The summed E-state index contributed by atoms with van der Waals surface area (Å²) in [5.74, 6) is -1.59. The number of carbonyl (C=O) groups is 1. The molecule has 30 heavy (non-hydrogen) atoms.